The Labute approximate surface area is 147 Å². The van der Waals surface area contributed by atoms with Gasteiger partial charge in [0, 0.05) is 18.3 Å². The Balaban J connectivity index is 2.02. The first-order valence-corrected chi connectivity index (χ1v) is 7.78. The van der Waals surface area contributed by atoms with Crippen LogP contribution in [0, 0.1) is 6.92 Å². The van der Waals surface area contributed by atoms with E-state index in [1.807, 2.05) is 31.2 Å². The van der Waals surface area contributed by atoms with Crippen LogP contribution in [0.15, 0.2) is 42.5 Å². The van der Waals surface area contributed by atoms with Gasteiger partial charge in [0.05, 0.1) is 20.8 Å². The van der Waals surface area contributed by atoms with Gasteiger partial charge in [-0.15, -0.1) is 0 Å². The minimum absolute atomic E-state index is 0.0545. The van der Waals surface area contributed by atoms with Gasteiger partial charge >= 0.3 is 0 Å². The molecule has 0 atom stereocenters. The Morgan fingerprint density at radius 1 is 1.00 bits per heavy atom. The summed E-state index contributed by atoms with van der Waals surface area (Å²) in [6.07, 6.45) is 0. The maximum Gasteiger partial charge on any atom is 0.254 e. The molecule has 6 heteroatoms. The molecule has 2 aromatic carbocycles. The highest BCUT2D eigenvalue weighted by Gasteiger charge is 2.17. The Bertz CT molecular complexity index is 757. The lowest BCUT2D eigenvalue weighted by Crippen LogP contribution is -2.34. The number of likely N-dealkylation sites (N-methyl/N-ethyl adjacent to an activating group) is 1. The molecule has 0 saturated heterocycles. The molecular weight excluding hydrogens is 320 g/mol. The summed E-state index contributed by atoms with van der Waals surface area (Å²) in [6.45, 7) is 1.92. The SMILES string of the molecule is COc1ccc(C(=O)N(C)CC(=O)Nc2ccc(C)cc2)cc1OC. The summed E-state index contributed by atoms with van der Waals surface area (Å²) in [6, 6.07) is 12.4. The fourth-order valence-corrected chi connectivity index (χ4v) is 2.31. The van der Waals surface area contributed by atoms with E-state index in [-0.39, 0.29) is 18.4 Å². The molecular formula is C19H22N2O4. The van der Waals surface area contributed by atoms with E-state index in [0.29, 0.717) is 22.7 Å². The van der Waals surface area contributed by atoms with Gasteiger partial charge in [0.2, 0.25) is 5.91 Å². The lowest BCUT2D eigenvalue weighted by molar-refractivity contribution is -0.116. The summed E-state index contributed by atoms with van der Waals surface area (Å²) in [5.41, 5.74) is 2.23. The molecule has 1 N–H and O–H groups in total. The summed E-state index contributed by atoms with van der Waals surface area (Å²) < 4.78 is 10.4. The monoisotopic (exact) mass is 342 g/mol. The number of nitrogens with one attached hydrogen (secondary N) is 1. The molecule has 0 spiro atoms. The van der Waals surface area contributed by atoms with Gasteiger partial charge in [-0.25, -0.2) is 0 Å². The lowest BCUT2D eigenvalue weighted by Gasteiger charge is -2.18. The van der Waals surface area contributed by atoms with E-state index in [1.165, 1.54) is 19.1 Å². The highest BCUT2D eigenvalue weighted by Crippen LogP contribution is 2.27. The van der Waals surface area contributed by atoms with E-state index in [1.54, 1.807) is 25.2 Å². The lowest BCUT2D eigenvalue weighted by atomic mass is 10.1. The predicted molar refractivity (Wildman–Crippen MR) is 96.3 cm³/mol. The molecule has 6 nitrogen and oxygen atoms in total. The number of carbonyl (C=O) groups is 2. The van der Waals surface area contributed by atoms with Crippen molar-refractivity contribution in [2.24, 2.45) is 0 Å². The topological polar surface area (TPSA) is 67.9 Å². The fraction of sp³-hybridized carbons (Fsp3) is 0.263. The maximum atomic E-state index is 12.5. The molecule has 0 saturated carbocycles. The third-order valence-electron chi connectivity index (χ3n) is 3.69. The Kier molecular flexibility index (Phi) is 6.00. The zero-order chi connectivity index (χ0) is 18.4. The highest BCUT2D eigenvalue weighted by molar-refractivity contribution is 5.99. The third-order valence-corrected chi connectivity index (χ3v) is 3.69. The number of anilines is 1. The Morgan fingerprint density at radius 3 is 2.24 bits per heavy atom. The molecule has 0 heterocycles. The molecule has 0 aromatic heterocycles. The first-order valence-electron chi connectivity index (χ1n) is 7.78. The number of aryl methyl sites for hydroxylation is 1. The van der Waals surface area contributed by atoms with Gasteiger partial charge < -0.3 is 19.7 Å². The van der Waals surface area contributed by atoms with Crippen LogP contribution in [-0.4, -0.2) is 44.5 Å². The number of methoxy groups -OCH3 is 2. The molecule has 0 aliphatic rings. The van der Waals surface area contributed by atoms with Crippen molar-refractivity contribution >= 4 is 17.5 Å². The van der Waals surface area contributed by atoms with Crippen molar-refractivity contribution in [3.8, 4) is 11.5 Å². The predicted octanol–water partition coefficient (Wildman–Crippen LogP) is 2.72. The average molecular weight is 342 g/mol. The first kappa shape index (κ1) is 18.3. The summed E-state index contributed by atoms with van der Waals surface area (Å²) in [4.78, 5) is 26.0. The molecule has 2 amide bonds. The zero-order valence-corrected chi connectivity index (χ0v) is 14.8. The number of ether oxygens (including phenoxy) is 2. The highest BCUT2D eigenvalue weighted by atomic mass is 16.5. The minimum atomic E-state index is -0.278. The Morgan fingerprint density at radius 2 is 1.64 bits per heavy atom. The van der Waals surface area contributed by atoms with Gasteiger partial charge in [-0.05, 0) is 37.3 Å². The normalized spacial score (nSPS) is 10.1. The Hall–Kier alpha value is -3.02. The maximum absolute atomic E-state index is 12.5. The van der Waals surface area contributed by atoms with Crippen molar-refractivity contribution in [3.05, 3.63) is 53.6 Å². The summed E-state index contributed by atoms with van der Waals surface area (Å²) >= 11 is 0. The minimum Gasteiger partial charge on any atom is -0.493 e. The van der Waals surface area contributed by atoms with Crippen LogP contribution in [0.5, 0.6) is 11.5 Å². The van der Waals surface area contributed by atoms with Gasteiger partial charge in [0.1, 0.15) is 0 Å². The standard InChI is InChI=1S/C19H22N2O4/c1-13-5-8-15(9-6-13)20-18(22)12-21(2)19(23)14-7-10-16(24-3)17(11-14)25-4/h5-11H,12H2,1-4H3,(H,20,22). The summed E-state index contributed by atoms with van der Waals surface area (Å²) in [5, 5.41) is 2.77. The van der Waals surface area contributed by atoms with Crippen LogP contribution in [0.25, 0.3) is 0 Å². The molecule has 0 aliphatic carbocycles. The number of nitrogens with zero attached hydrogens (tertiary/aromatic N) is 1. The van der Waals surface area contributed by atoms with E-state index in [0.717, 1.165) is 5.56 Å². The van der Waals surface area contributed by atoms with Crippen molar-refractivity contribution in [3.63, 3.8) is 0 Å². The van der Waals surface area contributed by atoms with Crippen molar-refractivity contribution in [1.29, 1.82) is 0 Å². The molecule has 132 valence electrons. The number of amides is 2. The second-order valence-corrected chi connectivity index (χ2v) is 5.65. The fourth-order valence-electron chi connectivity index (χ4n) is 2.31. The van der Waals surface area contributed by atoms with Gasteiger partial charge in [0.25, 0.3) is 5.91 Å². The number of benzene rings is 2. The van der Waals surface area contributed by atoms with Crippen LogP contribution in [0.2, 0.25) is 0 Å². The van der Waals surface area contributed by atoms with Gasteiger partial charge in [-0.1, -0.05) is 17.7 Å². The van der Waals surface area contributed by atoms with Crippen LogP contribution in [0.4, 0.5) is 5.69 Å². The van der Waals surface area contributed by atoms with Crippen LogP contribution in [-0.2, 0) is 4.79 Å². The van der Waals surface area contributed by atoms with Crippen LogP contribution in [0.3, 0.4) is 0 Å². The molecule has 0 unspecified atom stereocenters. The van der Waals surface area contributed by atoms with Crippen molar-refractivity contribution in [2.75, 3.05) is 33.1 Å². The summed E-state index contributed by atoms with van der Waals surface area (Å²) in [7, 11) is 4.61. The van der Waals surface area contributed by atoms with E-state index in [9.17, 15) is 9.59 Å². The first-order chi connectivity index (χ1) is 11.9. The van der Waals surface area contributed by atoms with E-state index < -0.39 is 0 Å². The third kappa shape index (κ3) is 4.73. The molecule has 25 heavy (non-hydrogen) atoms. The van der Waals surface area contributed by atoms with Gasteiger partial charge in [0.15, 0.2) is 11.5 Å². The number of hydrogen-bond donors (Lipinski definition) is 1. The van der Waals surface area contributed by atoms with Crippen LogP contribution < -0.4 is 14.8 Å². The second kappa shape index (κ2) is 8.19. The van der Waals surface area contributed by atoms with Crippen molar-refractivity contribution in [2.45, 2.75) is 6.92 Å². The van der Waals surface area contributed by atoms with E-state index >= 15 is 0 Å². The van der Waals surface area contributed by atoms with Crippen molar-refractivity contribution in [1.82, 2.24) is 4.90 Å². The van der Waals surface area contributed by atoms with Gasteiger partial charge in [-0.3, -0.25) is 9.59 Å². The van der Waals surface area contributed by atoms with Crippen LogP contribution in [0.1, 0.15) is 15.9 Å². The van der Waals surface area contributed by atoms with E-state index in [2.05, 4.69) is 5.32 Å². The van der Waals surface area contributed by atoms with E-state index in [4.69, 9.17) is 9.47 Å². The smallest absolute Gasteiger partial charge is 0.254 e. The molecule has 2 aromatic rings. The quantitative estimate of drug-likeness (QED) is 0.876. The zero-order valence-electron chi connectivity index (χ0n) is 14.8. The molecule has 0 fully saturated rings. The largest absolute Gasteiger partial charge is 0.493 e. The molecule has 2 rings (SSSR count). The van der Waals surface area contributed by atoms with Crippen LogP contribution >= 0.6 is 0 Å². The molecule has 0 aliphatic heterocycles. The summed E-state index contributed by atoms with van der Waals surface area (Å²) in [5.74, 6) is 0.463. The molecule has 0 radical (unpaired) electrons. The molecule has 0 bridgehead atoms. The average Bonchev–Trinajstić information content (AvgIpc) is 2.62. The number of carbonyl (C=O) groups excluding carboxylic acids is 2. The van der Waals surface area contributed by atoms with Gasteiger partial charge in [-0.2, -0.15) is 0 Å². The number of rotatable bonds is 6. The number of hydrogen-bond acceptors (Lipinski definition) is 4. The van der Waals surface area contributed by atoms with Crippen molar-refractivity contribution < 1.29 is 19.1 Å². The second-order valence-electron chi connectivity index (χ2n) is 5.65.